The molecule has 0 atom stereocenters. The zero-order valence-electron chi connectivity index (χ0n) is 17.4. The molecule has 1 heterocycles. The van der Waals surface area contributed by atoms with Crippen LogP contribution in [0.5, 0.6) is 5.75 Å². The highest BCUT2D eigenvalue weighted by molar-refractivity contribution is 7.80. The third kappa shape index (κ3) is 5.17. The smallest absolute Gasteiger partial charge is 0.406 e. The summed E-state index contributed by atoms with van der Waals surface area (Å²) < 4.78 is 42.2. The molecule has 0 unspecified atom stereocenters. The fourth-order valence-corrected chi connectivity index (χ4v) is 3.14. The van der Waals surface area contributed by atoms with Gasteiger partial charge in [-0.1, -0.05) is 12.1 Å². The predicted molar refractivity (Wildman–Crippen MR) is 120 cm³/mol. The molecule has 1 amide bonds. The van der Waals surface area contributed by atoms with Crippen LogP contribution in [-0.4, -0.2) is 34.2 Å². The second-order valence-corrected chi connectivity index (χ2v) is 7.33. The van der Waals surface area contributed by atoms with E-state index in [4.69, 9.17) is 18.0 Å². The standard InChI is InChI=1S/C21H20F3N5O2S/c1-12-17(13-4-8-15(9-5-13)28(2)20(25)32)27-29(3)18(12)26-19(30)14-6-10-16(11-7-14)31-21(22,23)24/h4-11H,1-3H3,(H2,25,32)(H,26,30). The number of halogens is 3. The highest BCUT2D eigenvalue weighted by Gasteiger charge is 2.31. The number of benzene rings is 2. The summed E-state index contributed by atoms with van der Waals surface area (Å²) in [5.41, 5.74) is 8.86. The molecule has 0 bridgehead atoms. The van der Waals surface area contributed by atoms with Crippen LogP contribution in [0.2, 0.25) is 0 Å². The molecular formula is C21H20F3N5O2S. The molecule has 1 aromatic heterocycles. The van der Waals surface area contributed by atoms with Crippen LogP contribution in [0.25, 0.3) is 11.3 Å². The largest absolute Gasteiger partial charge is 0.573 e. The number of hydrogen-bond donors (Lipinski definition) is 2. The van der Waals surface area contributed by atoms with Crippen molar-refractivity contribution in [2.45, 2.75) is 13.3 Å². The van der Waals surface area contributed by atoms with E-state index >= 15 is 0 Å². The fraction of sp³-hybridized carbons (Fsp3) is 0.190. The molecule has 0 radical (unpaired) electrons. The number of nitrogens with one attached hydrogen (secondary N) is 1. The average Bonchev–Trinajstić information content (AvgIpc) is 3.01. The lowest BCUT2D eigenvalue weighted by Gasteiger charge is -2.16. The van der Waals surface area contributed by atoms with Gasteiger partial charge in [0.25, 0.3) is 5.91 Å². The summed E-state index contributed by atoms with van der Waals surface area (Å²) in [5.74, 6) is -0.433. The Morgan fingerprint density at radius 1 is 1.16 bits per heavy atom. The van der Waals surface area contributed by atoms with Gasteiger partial charge in [-0.3, -0.25) is 9.48 Å². The first-order valence-corrected chi connectivity index (χ1v) is 9.71. The number of carbonyl (C=O) groups excluding carboxylic acids is 1. The number of anilines is 2. The van der Waals surface area contributed by atoms with Crippen molar-refractivity contribution in [2.24, 2.45) is 12.8 Å². The molecule has 2 aromatic carbocycles. The second kappa shape index (κ2) is 8.87. The Balaban J connectivity index is 1.79. The van der Waals surface area contributed by atoms with Crippen molar-refractivity contribution in [1.29, 1.82) is 0 Å². The maximum Gasteiger partial charge on any atom is 0.573 e. The van der Waals surface area contributed by atoms with Gasteiger partial charge in [0, 0.05) is 36.5 Å². The SMILES string of the molecule is Cc1c(-c2ccc(N(C)C(N)=S)cc2)nn(C)c1NC(=O)c1ccc(OC(F)(F)F)cc1. The van der Waals surface area contributed by atoms with E-state index in [9.17, 15) is 18.0 Å². The number of amides is 1. The lowest BCUT2D eigenvalue weighted by Crippen LogP contribution is -2.31. The first-order valence-electron chi connectivity index (χ1n) is 9.30. The molecule has 0 aliphatic rings. The molecule has 11 heteroatoms. The van der Waals surface area contributed by atoms with E-state index in [2.05, 4.69) is 15.2 Å². The predicted octanol–water partition coefficient (Wildman–Crippen LogP) is 4.23. The lowest BCUT2D eigenvalue weighted by atomic mass is 10.1. The summed E-state index contributed by atoms with van der Waals surface area (Å²) in [5, 5.41) is 7.48. The van der Waals surface area contributed by atoms with E-state index < -0.39 is 18.0 Å². The van der Waals surface area contributed by atoms with E-state index in [1.165, 1.54) is 16.8 Å². The molecule has 168 valence electrons. The zero-order chi connectivity index (χ0) is 23.6. The Morgan fingerprint density at radius 3 is 2.28 bits per heavy atom. The molecule has 0 aliphatic carbocycles. The van der Waals surface area contributed by atoms with Crippen molar-refractivity contribution in [3.8, 4) is 17.0 Å². The van der Waals surface area contributed by atoms with E-state index in [0.717, 1.165) is 28.9 Å². The van der Waals surface area contributed by atoms with Crippen LogP contribution >= 0.6 is 12.2 Å². The summed E-state index contributed by atoms with van der Waals surface area (Å²) >= 11 is 4.97. The van der Waals surface area contributed by atoms with E-state index in [-0.39, 0.29) is 10.7 Å². The Morgan fingerprint density at radius 2 is 1.75 bits per heavy atom. The van der Waals surface area contributed by atoms with Crippen LogP contribution in [-0.2, 0) is 7.05 Å². The van der Waals surface area contributed by atoms with Crippen molar-refractivity contribution in [3.05, 3.63) is 59.7 Å². The molecule has 32 heavy (non-hydrogen) atoms. The summed E-state index contributed by atoms with van der Waals surface area (Å²) in [6.45, 7) is 1.81. The third-order valence-electron chi connectivity index (χ3n) is 4.72. The number of ether oxygens (including phenoxy) is 1. The van der Waals surface area contributed by atoms with Crippen molar-refractivity contribution in [2.75, 3.05) is 17.3 Å². The summed E-state index contributed by atoms with van der Waals surface area (Å²) in [7, 11) is 3.44. The molecule has 0 aliphatic heterocycles. The van der Waals surface area contributed by atoms with Gasteiger partial charge in [0.15, 0.2) is 5.11 Å². The number of hydrogen-bond acceptors (Lipinski definition) is 4. The van der Waals surface area contributed by atoms with E-state index in [1.807, 2.05) is 31.2 Å². The van der Waals surface area contributed by atoms with Crippen LogP contribution in [0.4, 0.5) is 24.7 Å². The number of thiocarbonyl (C=S) groups is 1. The summed E-state index contributed by atoms with van der Waals surface area (Å²) in [6, 6.07) is 12.1. The number of carbonyl (C=O) groups is 1. The van der Waals surface area contributed by atoms with Gasteiger partial charge in [0.05, 0.1) is 5.69 Å². The number of aryl methyl sites for hydroxylation is 1. The lowest BCUT2D eigenvalue weighted by molar-refractivity contribution is -0.274. The highest BCUT2D eigenvalue weighted by atomic mass is 32.1. The molecule has 7 nitrogen and oxygen atoms in total. The van der Waals surface area contributed by atoms with Crippen LogP contribution in [0, 0.1) is 6.92 Å². The average molecular weight is 463 g/mol. The maximum atomic E-state index is 12.6. The number of rotatable bonds is 5. The molecule has 3 N–H and O–H groups in total. The van der Waals surface area contributed by atoms with Crippen LogP contribution < -0.4 is 20.7 Å². The fourth-order valence-electron chi connectivity index (χ4n) is 3.04. The minimum Gasteiger partial charge on any atom is -0.406 e. The number of alkyl halides is 3. The van der Waals surface area contributed by atoms with E-state index in [1.54, 1.807) is 19.0 Å². The normalized spacial score (nSPS) is 11.2. The molecule has 3 aromatic rings. The van der Waals surface area contributed by atoms with Gasteiger partial charge in [0.1, 0.15) is 11.6 Å². The summed E-state index contributed by atoms with van der Waals surface area (Å²) in [4.78, 5) is 14.3. The first-order chi connectivity index (χ1) is 15.0. The Bertz CT molecular complexity index is 1140. The van der Waals surface area contributed by atoms with Crippen molar-refractivity contribution < 1.29 is 22.7 Å². The quantitative estimate of drug-likeness (QED) is 0.551. The molecule has 0 fully saturated rings. The van der Waals surface area contributed by atoms with Gasteiger partial charge in [-0.05, 0) is 55.5 Å². The molecule has 0 spiro atoms. The van der Waals surface area contributed by atoms with Gasteiger partial charge < -0.3 is 20.7 Å². The summed E-state index contributed by atoms with van der Waals surface area (Å²) in [6.07, 6.45) is -4.80. The van der Waals surface area contributed by atoms with E-state index in [0.29, 0.717) is 11.5 Å². The van der Waals surface area contributed by atoms with Gasteiger partial charge in [0.2, 0.25) is 0 Å². The highest BCUT2D eigenvalue weighted by Crippen LogP contribution is 2.29. The third-order valence-corrected chi connectivity index (χ3v) is 5.00. The minimum atomic E-state index is -4.80. The minimum absolute atomic E-state index is 0.173. The van der Waals surface area contributed by atoms with Gasteiger partial charge in [-0.2, -0.15) is 5.10 Å². The Kier molecular flexibility index (Phi) is 6.40. The maximum absolute atomic E-state index is 12.6. The molecule has 0 saturated heterocycles. The van der Waals surface area contributed by atoms with Gasteiger partial charge in [-0.15, -0.1) is 13.2 Å². The number of nitrogens with two attached hydrogens (primary N) is 1. The molecule has 3 rings (SSSR count). The zero-order valence-corrected chi connectivity index (χ0v) is 18.2. The Hall–Kier alpha value is -3.60. The monoisotopic (exact) mass is 463 g/mol. The molecule has 0 saturated carbocycles. The Labute approximate surface area is 187 Å². The number of aromatic nitrogens is 2. The second-order valence-electron chi connectivity index (χ2n) is 6.92. The van der Waals surface area contributed by atoms with Crippen LogP contribution in [0.15, 0.2) is 48.5 Å². The topological polar surface area (TPSA) is 85.4 Å². The van der Waals surface area contributed by atoms with Crippen LogP contribution in [0.1, 0.15) is 15.9 Å². The van der Waals surface area contributed by atoms with Crippen molar-refractivity contribution in [1.82, 2.24) is 9.78 Å². The first kappa shape index (κ1) is 23.1. The van der Waals surface area contributed by atoms with Gasteiger partial charge >= 0.3 is 6.36 Å². The van der Waals surface area contributed by atoms with Crippen LogP contribution in [0.3, 0.4) is 0 Å². The van der Waals surface area contributed by atoms with Gasteiger partial charge in [-0.25, -0.2) is 0 Å². The number of nitrogens with zero attached hydrogens (tertiary/aromatic N) is 3. The van der Waals surface area contributed by atoms with Crippen molar-refractivity contribution >= 4 is 34.7 Å². The molecular weight excluding hydrogens is 443 g/mol. The van der Waals surface area contributed by atoms with Crippen molar-refractivity contribution in [3.63, 3.8) is 0 Å².